The van der Waals surface area contributed by atoms with Gasteiger partial charge in [0.1, 0.15) is 12.2 Å². The number of benzene rings is 1. The quantitative estimate of drug-likeness (QED) is 0.678. The van der Waals surface area contributed by atoms with Crippen LogP contribution in [0.4, 0.5) is 8.78 Å². The lowest BCUT2D eigenvalue weighted by Crippen LogP contribution is -2.24. The van der Waals surface area contributed by atoms with E-state index in [9.17, 15) is 13.6 Å². The van der Waals surface area contributed by atoms with Crippen LogP contribution in [0.1, 0.15) is 11.3 Å². The average molecular weight is 396 g/mol. The number of carbonyl (C=O) groups is 1. The van der Waals surface area contributed by atoms with Crippen LogP contribution in [0, 0.1) is 0 Å². The molecule has 0 saturated carbocycles. The van der Waals surface area contributed by atoms with E-state index in [1.54, 1.807) is 18.3 Å². The van der Waals surface area contributed by atoms with Gasteiger partial charge in [0.15, 0.2) is 5.17 Å². The number of rotatable bonds is 4. The summed E-state index contributed by atoms with van der Waals surface area (Å²) < 4.78 is 28.4. The SMILES string of the molecule is O=C1NC(=NCC(F)(F)c2ccccn2)SC1=Cc1ccc2ncccc2c1. The van der Waals surface area contributed by atoms with Crippen molar-refractivity contribution in [2.45, 2.75) is 5.92 Å². The molecule has 3 heterocycles. The summed E-state index contributed by atoms with van der Waals surface area (Å²) in [6.07, 6.45) is 4.72. The molecule has 0 spiro atoms. The van der Waals surface area contributed by atoms with E-state index in [2.05, 4.69) is 20.3 Å². The Kier molecular flexibility index (Phi) is 4.87. The van der Waals surface area contributed by atoms with Crippen LogP contribution in [0.3, 0.4) is 0 Å². The number of aromatic nitrogens is 2. The molecule has 1 amide bonds. The Hall–Kier alpha value is -3.13. The monoisotopic (exact) mass is 396 g/mol. The number of amides is 1. The number of alkyl halides is 2. The molecule has 1 N–H and O–H groups in total. The summed E-state index contributed by atoms with van der Waals surface area (Å²) in [4.78, 5) is 24.3. The van der Waals surface area contributed by atoms with Gasteiger partial charge in [-0.2, -0.15) is 8.78 Å². The lowest BCUT2D eigenvalue weighted by atomic mass is 10.1. The number of aliphatic imine (C=N–C) groups is 1. The zero-order chi connectivity index (χ0) is 19.6. The Morgan fingerprint density at radius 3 is 2.79 bits per heavy atom. The summed E-state index contributed by atoms with van der Waals surface area (Å²) in [6.45, 7) is -0.790. The molecular weight excluding hydrogens is 382 g/mol. The standard InChI is InChI=1S/C20H14F2N4OS/c21-20(22,17-5-1-2-8-24-17)12-25-19-26-18(27)16(28-19)11-13-6-7-15-14(10-13)4-3-9-23-15/h1-11H,12H2,(H,25,26,27). The molecule has 0 unspecified atom stereocenters. The fourth-order valence-electron chi connectivity index (χ4n) is 2.67. The lowest BCUT2D eigenvalue weighted by molar-refractivity contribution is -0.115. The number of hydrogen-bond acceptors (Lipinski definition) is 5. The van der Waals surface area contributed by atoms with Crippen LogP contribution in [-0.4, -0.2) is 27.6 Å². The van der Waals surface area contributed by atoms with E-state index in [0.717, 1.165) is 28.2 Å². The van der Waals surface area contributed by atoms with E-state index in [0.29, 0.717) is 4.91 Å². The van der Waals surface area contributed by atoms with Gasteiger partial charge in [0.25, 0.3) is 5.91 Å². The Labute approximate surface area is 163 Å². The highest BCUT2D eigenvalue weighted by molar-refractivity contribution is 8.18. The van der Waals surface area contributed by atoms with Crippen molar-refractivity contribution in [3.05, 3.63) is 77.1 Å². The molecule has 1 aliphatic rings. The summed E-state index contributed by atoms with van der Waals surface area (Å²) >= 11 is 1.04. The van der Waals surface area contributed by atoms with Crippen LogP contribution in [0.2, 0.25) is 0 Å². The largest absolute Gasteiger partial charge is 0.308 e. The maximum absolute atomic E-state index is 14.2. The second kappa shape index (κ2) is 7.47. The Bertz CT molecular complexity index is 1100. The average Bonchev–Trinajstić information content (AvgIpc) is 3.06. The maximum Gasteiger partial charge on any atom is 0.308 e. The van der Waals surface area contributed by atoms with Gasteiger partial charge >= 0.3 is 5.92 Å². The minimum Gasteiger partial charge on any atom is -0.301 e. The fraction of sp³-hybridized carbons (Fsp3) is 0.100. The molecule has 3 aromatic rings. The van der Waals surface area contributed by atoms with Crippen molar-refractivity contribution in [1.82, 2.24) is 15.3 Å². The summed E-state index contributed by atoms with van der Waals surface area (Å²) in [5.41, 5.74) is 1.32. The topological polar surface area (TPSA) is 67.2 Å². The number of nitrogens with one attached hydrogen (secondary N) is 1. The van der Waals surface area contributed by atoms with E-state index >= 15 is 0 Å². The summed E-state index contributed by atoms with van der Waals surface area (Å²) in [6, 6.07) is 13.7. The highest BCUT2D eigenvalue weighted by atomic mass is 32.2. The first-order valence-electron chi connectivity index (χ1n) is 8.41. The number of nitrogens with zero attached hydrogens (tertiary/aromatic N) is 3. The number of pyridine rings is 2. The number of carbonyl (C=O) groups excluding carboxylic acids is 1. The van der Waals surface area contributed by atoms with Crippen molar-refractivity contribution in [2.75, 3.05) is 6.54 Å². The first-order valence-corrected chi connectivity index (χ1v) is 9.22. The minimum atomic E-state index is -3.21. The van der Waals surface area contributed by atoms with Gasteiger partial charge in [0.2, 0.25) is 0 Å². The molecule has 140 valence electrons. The molecule has 1 aromatic carbocycles. The van der Waals surface area contributed by atoms with Gasteiger partial charge in [-0.15, -0.1) is 0 Å². The van der Waals surface area contributed by atoms with Crippen molar-refractivity contribution in [3.63, 3.8) is 0 Å². The van der Waals surface area contributed by atoms with Crippen LogP contribution >= 0.6 is 11.8 Å². The molecule has 1 aliphatic heterocycles. The van der Waals surface area contributed by atoms with Crippen molar-refractivity contribution >= 4 is 39.8 Å². The Balaban J connectivity index is 1.51. The maximum atomic E-state index is 14.2. The Morgan fingerprint density at radius 2 is 1.96 bits per heavy atom. The fourth-order valence-corrected chi connectivity index (χ4v) is 3.49. The molecule has 0 aliphatic carbocycles. The molecule has 0 radical (unpaired) electrons. The lowest BCUT2D eigenvalue weighted by Gasteiger charge is -2.12. The van der Waals surface area contributed by atoms with E-state index < -0.39 is 12.5 Å². The molecule has 2 aromatic heterocycles. The zero-order valence-corrected chi connectivity index (χ0v) is 15.3. The van der Waals surface area contributed by atoms with Crippen molar-refractivity contribution in [3.8, 4) is 0 Å². The number of fused-ring (bicyclic) bond motifs is 1. The van der Waals surface area contributed by atoms with Crippen LogP contribution < -0.4 is 5.32 Å². The normalized spacial score (nSPS) is 17.4. The van der Waals surface area contributed by atoms with Crippen molar-refractivity contribution in [2.24, 2.45) is 4.99 Å². The number of amidine groups is 1. The smallest absolute Gasteiger partial charge is 0.301 e. The van der Waals surface area contributed by atoms with Gasteiger partial charge in [-0.3, -0.25) is 19.8 Å². The van der Waals surface area contributed by atoms with Crippen LogP contribution in [0.15, 0.2) is 70.8 Å². The summed E-state index contributed by atoms with van der Waals surface area (Å²) in [5.74, 6) is -3.58. The molecule has 8 heteroatoms. The molecule has 0 atom stereocenters. The number of thioether (sulfide) groups is 1. The molecular formula is C20H14F2N4OS. The molecule has 4 rings (SSSR count). The van der Waals surface area contributed by atoms with Gasteiger partial charge < -0.3 is 5.32 Å². The highest BCUT2D eigenvalue weighted by Gasteiger charge is 2.34. The third-order valence-corrected chi connectivity index (χ3v) is 4.98. The van der Waals surface area contributed by atoms with Gasteiger partial charge in [-0.1, -0.05) is 18.2 Å². The van der Waals surface area contributed by atoms with Crippen LogP contribution in [0.25, 0.3) is 17.0 Å². The van der Waals surface area contributed by atoms with E-state index in [1.807, 2.05) is 30.3 Å². The zero-order valence-electron chi connectivity index (χ0n) is 14.5. The van der Waals surface area contributed by atoms with Crippen LogP contribution in [-0.2, 0) is 10.7 Å². The van der Waals surface area contributed by atoms with Crippen molar-refractivity contribution < 1.29 is 13.6 Å². The predicted molar refractivity (Wildman–Crippen MR) is 106 cm³/mol. The summed E-state index contributed by atoms with van der Waals surface area (Å²) in [5, 5.41) is 3.62. The molecule has 5 nitrogen and oxygen atoms in total. The van der Waals surface area contributed by atoms with Crippen molar-refractivity contribution in [1.29, 1.82) is 0 Å². The number of hydrogen-bond donors (Lipinski definition) is 1. The van der Waals surface area contributed by atoms with E-state index in [-0.39, 0.29) is 16.8 Å². The van der Waals surface area contributed by atoms with Gasteiger partial charge in [-0.05, 0) is 53.7 Å². The molecule has 28 heavy (non-hydrogen) atoms. The first-order chi connectivity index (χ1) is 13.5. The predicted octanol–water partition coefficient (Wildman–Crippen LogP) is 3.98. The summed E-state index contributed by atoms with van der Waals surface area (Å²) in [7, 11) is 0. The third-order valence-electron chi connectivity index (χ3n) is 4.04. The second-order valence-electron chi connectivity index (χ2n) is 6.06. The van der Waals surface area contributed by atoms with Crippen LogP contribution in [0.5, 0.6) is 0 Å². The van der Waals surface area contributed by atoms with E-state index in [1.165, 1.54) is 18.3 Å². The van der Waals surface area contributed by atoms with Gasteiger partial charge in [0, 0.05) is 17.8 Å². The van der Waals surface area contributed by atoms with Gasteiger partial charge in [-0.25, -0.2) is 0 Å². The van der Waals surface area contributed by atoms with E-state index in [4.69, 9.17) is 0 Å². The highest BCUT2D eigenvalue weighted by Crippen LogP contribution is 2.30. The molecule has 1 fully saturated rings. The number of halogens is 2. The Morgan fingerprint density at radius 1 is 1.11 bits per heavy atom. The first kappa shape index (κ1) is 18.2. The minimum absolute atomic E-state index is 0.148. The van der Waals surface area contributed by atoms with Gasteiger partial charge in [0.05, 0.1) is 10.4 Å². The molecule has 0 bridgehead atoms. The third kappa shape index (κ3) is 3.91. The molecule has 1 saturated heterocycles. The second-order valence-corrected chi connectivity index (χ2v) is 7.09.